The van der Waals surface area contributed by atoms with Crippen LogP contribution in [0.15, 0.2) is 60.8 Å². The summed E-state index contributed by atoms with van der Waals surface area (Å²) in [4.78, 5) is 132. The molecule has 0 saturated carbocycles. The van der Waals surface area contributed by atoms with Crippen LogP contribution in [0.3, 0.4) is 0 Å². The zero-order valence-electron chi connectivity index (χ0n) is 46.7. The number of esters is 1. The number of ether oxygens (including phenoxy) is 2. The summed E-state index contributed by atoms with van der Waals surface area (Å²) >= 11 is 0. The number of allylic oxidation sites excluding steroid dienone is 1. The van der Waals surface area contributed by atoms with Crippen LogP contribution in [0.25, 0.3) is 10.9 Å². The molecule has 3 aliphatic rings. The van der Waals surface area contributed by atoms with Crippen molar-refractivity contribution in [3.8, 4) is 5.75 Å². The van der Waals surface area contributed by atoms with Crippen LogP contribution in [0.1, 0.15) is 106 Å². The Labute approximate surface area is 455 Å². The number of carbonyl (C=O) groups is 8. The van der Waals surface area contributed by atoms with Crippen LogP contribution in [0.5, 0.6) is 5.75 Å². The first-order chi connectivity index (χ1) is 36.7. The number of aromatic hydroxyl groups is 1. The van der Waals surface area contributed by atoms with Crippen molar-refractivity contribution < 1.29 is 57.9 Å². The van der Waals surface area contributed by atoms with Gasteiger partial charge in [-0.25, -0.2) is 0 Å². The first-order valence-corrected chi connectivity index (χ1v) is 26.7. The Balaban J connectivity index is 1.53. The van der Waals surface area contributed by atoms with Crippen molar-refractivity contribution in [3.63, 3.8) is 0 Å². The highest BCUT2D eigenvalue weighted by molar-refractivity contribution is 5.99. The quantitative estimate of drug-likeness (QED) is 0.0503. The van der Waals surface area contributed by atoms with Crippen molar-refractivity contribution in [2.24, 2.45) is 17.8 Å². The van der Waals surface area contributed by atoms with Crippen LogP contribution >= 0.6 is 0 Å². The van der Waals surface area contributed by atoms with Crippen LogP contribution in [0, 0.1) is 27.9 Å². The number of nitro benzene ring substituents is 1. The number of benzene rings is 2. The second-order valence-corrected chi connectivity index (χ2v) is 22.4. The number of rotatable bonds is 14. The number of epoxide rings is 1. The summed E-state index contributed by atoms with van der Waals surface area (Å²) in [5.41, 5.74) is 0.483. The Hall–Kier alpha value is -7.36. The summed E-state index contributed by atoms with van der Waals surface area (Å²) < 4.78 is 13.6. The van der Waals surface area contributed by atoms with E-state index in [1.807, 2.05) is 72.0 Å². The van der Waals surface area contributed by atoms with E-state index < -0.39 is 124 Å². The Bertz CT molecular complexity index is 2800. The predicted molar refractivity (Wildman–Crippen MR) is 288 cm³/mol. The third-order valence-electron chi connectivity index (χ3n) is 15.0. The molecule has 3 aromatic rings. The van der Waals surface area contributed by atoms with E-state index in [2.05, 4.69) is 25.8 Å². The Morgan fingerprint density at radius 2 is 1.44 bits per heavy atom. The molecular weight excluding hydrogens is 1010 g/mol. The Morgan fingerprint density at radius 3 is 2.05 bits per heavy atom. The molecule has 0 radical (unpaired) electrons. The van der Waals surface area contributed by atoms with Crippen LogP contribution in [-0.2, 0) is 66.2 Å². The molecule has 2 bridgehead atoms. The normalized spacial score (nSPS) is 26.4. The number of phenols is 1. The summed E-state index contributed by atoms with van der Waals surface area (Å²) in [6, 6.07) is 1.53. The number of nitrogens with one attached hydrogen (secondary N) is 4. The van der Waals surface area contributed by atoms with Gasteiger partial charge in [-0.05, 0) is 88.5 Å². The highest BCUT2D eigenvalue weighted by Crippen LogP contribution is 2.37. The number of fused-ring (bicyclic) bond motifs is 3. The van der Waals surface area contributed by atoms with Gasteiger partial charge >= 0.3 is 11.7 Å². The molecule has 4 heterocycles. The molecule has 5 N–H and O–H groups in total. The van der Waals surface area contributed by atoms with Gasteiger partial charge in [0.25, 0.3) is 0 Å². The van der Waals surface area contributed by atoms with Crippen molar-refractivity contribution in [1.82, 2.24) is 40.5 Å². The summed E-state index contributed by atoms with van der Waals surface area (Å²) in [6.45, 7) is 18.0. The standard InChI is InChI=1S/C56H77N9O13/c1-13-14-18-38-48(68)60-40(27-36-28-63(56(9,10)47-29-77-47)41-19-16-15-17-37(36)41)53(73)61(11)43(22-30(2)3)50(70)59-39(25-35-20-21-46(67)42(26-35)65(75)76)49(69)57-33(7)52(72)62(12)45-24-32(6)55(78-34(8)66)64(54(45)74)44(23-31(4)5)51(71)58-38/h13-17,19-21,26,28,30-33,38-40,43-45,47,55,67H,18,22-25,27,29H2,1-12H3,(H,57,69)(H,58,71)(H,59,70)(H,60,68)/b14-13+/t32?,33-,38+,39-,40-,43-,44+,45+,47?,55?/m1/s1. The van der Waals surface area contributed by atoms with Gasteiger partial charge in [0.1, 0.15) is 48.4 Å². The molecule has 22 heteroatoms. The molecular formula is C56H77N9O13. The second-order valence-electron chi connectivity index (χ2n) is 22.4. The first kappa shape index (κ1) is 59.9. The number of hydrogen-bond acceptors (Lipinski definition) is 13. The van der Waals surface area contributed by atoms with Crippen molar-refractivity contribution in [1.29, 1.82) is 0 Å². The lowest BCUT2D eigenvalue weighted by molar-refractivity contribution is -0.385. The SMILES string of the molecule is C/C=C/C[C@@H]1NC(=O)[C@H](CC(C)C)N2C(=O)[C@H](CC(C)C2OC(C)=O)N(C)C(=O)[C@@H](C)NC(=O)[C@@H](Cc2ccc(O)c([N+](=O)[O-])c2)NC(=O)[C@@H](CC(C)C)N(C)C(=O)[C@@H](Cc2cn(C(C)(C)C3CO3)c3ccccc23)NC1=O. The fourth-order valence-corrected chi connectivity index (χ4v) is 10.6. The molecule has 424 valence electrons. The Kier molecular flexibility index (Phi) is 19.2. The molecule has 3 fully saturated rings. The predicted octanol–water partition coefficient (Wildman–Crippen LogP) is 3.99. The fourth-order valence-electron chi connectivity index (χ4n) is 10.6. The number of amides is 7. The van der Waals surface area contributed by atoms with E-state index >= 15 is 19.2 Å². The molecule has 2 aromatic carbocycles. The third-order valence-corrected chi connectivity index (χ3v) is 15.0. The summed E-state index contributed by atoms with van der Waals surface area (Å²) in [7, 11) is 2.78. The van der Waals surface area contributed by atoms with Gasteiger partial charge < -0.3 is 50.2 Å². The lowest BCUT2D eigenvalue weighted by Crippen LogP contribution is -2.67. The topological polar surface area (TPSA) is 284 Å². The van der Waals surface area contributed by atoms with Crippen molar-refractivity contribution >= 4 is 63.9 Å². The highest BCUT2D eigenvalue weighted by Gasteiger charge is 2.50. The number of hydrogen-bond donors (Lipinski definition) is 5. The van der Waals surface area contributed by atoms with E-state index in [9.17, 15) is 34.4 Å². The maximum atomic E-state index is 15.5. The number of piperidine rings is 1. The second kappa shape index (κ2) is 25.0. The average molecular weight is 1080 g/mol. The zero-order valence-corrected chi connectivity index (χ0v) is 46.7. The van der Waals surface area contributed by atoms with Crippen molar-refractivity contribution in [2.75, 3.05) is 20.7 Å². The van der Waals surface area contributed by atoms with Gasteiger partial charge in [0.15, 0.2) is 12.0 Å². The van der Waals surface area contributed by atoms with Gasteiger partial charge in [-0.15, -0.1) is 0 Å². The van der Waals surface area contributed by atoms with E-state index in [1.54, 1.807) is 26.0 Å². The largest absolute Gasteiger partial charge is 0.502 e. The van der Waals surface area contributed by atoms with Gasteiger partial charge in [-0.3, -0.25) is 53.4 Å². The van der Waals surface area contributed by atoms with Gasteiger partial charge in [0, 0.05) is 62.9 Å². The molecule has 6 rings (SSSR count). The van der Waals surface area contributed by atoms with Crippen LogP contribution in [-0.4, -0.2) is 152 Å². The first-order valence-electron chi connectivity index (χ1n) is 26.7. The number of carbonyl (C=O) groups excluding carboxylic acids is 8. The monoisotopic (exact) mass is 1080 g/mol. The minimum atomic E-state index is -1.55. The molecule has 22 nitrogen and oxygen atoms in total. The average Bonchev–Trinajstić information content (AvgIpc) is 4.18. The van der Waals surface area contributed by atoms with Gasteiger partial charge in [0.2, 0.25) is 41.4 Å². The molecule has 10 atom stereocenters. The van der Waals surface area contributed by atoms with E-state index in [1.165, 1.54) is 38.9 Å². The smallest absolute Gasteiger partial charge is 0.310 e. The van der Waals surface area contributed by atoms with E-state index in [0.29, 0.717) is 12.2 Å². The fraction of sp³-hybridized carbons (Fsp3) is 0.571. The van der Waals surface area contributed by atoms with Crippen molar-refractivity contribution in [2.45, 2.75) is 168 Å². The molecule has 0 aliphatic carbocycles. The number of para-hydroxylation sites is 1. The number of likely N-dealkylation sites (N-methyl/N-ethyl adjacent to an activating group) is 2. The molecule has 1 aromatic heterocycles. The van der Waals surface area contributed by atoms with Crippen molar-refractivity contribution in [3.05, 3.63) is 82.1 Å². The lowest BCUT2D eigenvalue weighted by Gasteiger charge is -2.47. The van der Waals surface area contributed by atoms with Gasteiger partial charge in [-0.2, -0.15) is 0 Å². The minimum Gasteiger partial charge on any atom is -0.502 e. The Morgan fingerprint density at radius 1 is 0.833 bits per heavy atom. The van der Waals surface area contributed by atoms with E-state index in [0.717, 1.165) is 32.8 Å². The van der Waals surface area contributed by atoms with Gasteiger partial charge in [0.05, 0.1) is 17.1 Å². The minimum absolute atomic E-state index is 0.0262. The van der Waals surface area contributed by atoms with Gasteiger partial charge in [-0.1, -0.05) is 71.0 Å². The van der Waals surface area contributed by atoms with Crippen LogP contribution in [0.4, 0.5) is 5.69 Å². The zero-order chi connectivity index (χ0) is 57.7. The summed E-state index contributed by atoms with van der Waals surface area (Å²) in [5.74, 6) is -7.94. The molecule has 3 aliphatic heterocycles. The number of nitrogens with zero attached hydrogens (tertiary/aromatic N) is 5. The van der Waals surface area contributed by atoms with Crippen LogP contribution < -0.4 is 21.3 Å². The molecule has 0 spiro atoms. The maximum absolute atomic E-state index is 15.5. The van der Waals surface area contributed by atoms with E-state index in [-0.39, 0.29) is 62.0 Å². The van der Waals surface area contributed by atoms with E-state index in [4.69, 9.17) is 9.47 Å². The number of phenolic OH excluding ortho intramolecular Hbond substituents is 1. The number of aromatic nitrogens is 1. The lowest BCUT2D eigenvalue weighted by atomic mass is 9.88. The molecule has 7 amide bonds. The maximum Gasteiger partial charge on any atom is 0.310 e. The highest BCUT2D eigenvalue weighted by atomic mass is 16.6. The number of nitro groups is 1. The van der Waals surface area contributed by atoms with Crippen LogP contribution in [0.2, 0.25) is 0 Å². The summed E-state index contributed by atoms with van der Waals surface area (Å²) in [5, 5.41) is 34.2. The summed E-state index contributed by atoms with van der Waals surface area (Å²) in [6.07, 6.45) is 3.42. The molecule has 78 heavy (non-hydrogen) atoms. The molecule has 3 saturated heterocycles. The third kappa shape index (κ3) is 13.7. The molecule has 3 unspecified atom stereocenters.